The van der Waals surface area contributed by atoms with E-state index in [1.807, 2.05) is 24.0 Å². The van der Waals surface area contributed by atoms with E-state index < -0.39 is 0 Å². The molecule has 1 aliphatic heterocycles. The van der Waals surface area contributed by atoms with E-state index in [0.29, 0.717) is 30.5 Å². The summed E-state index contributed by atoms with van der Waals surface area (Å²) < 4.78 is 5.28. The lowest BCUT2D eigenvalue weighted by Gasteiger charge is -2.34. The maximum Gasteiger partial charge on any atom is 0.244 e. The lowest BCUT2D eigenvalue weighted by atomic mass is 9.96. The van der Waals surface area contributed by atoms with Gasteiger partial charge in [0.1, 0.15) is 5.75 Å². The van der Waals surface area contributed by atoms with Crippen molar-refractivity contribution in [3.05, 3.63) is 42.7 Å². The number of hydrogen-bond acceptors (Lipinski definition) is 6. The van der Waals surface area contributed by atoms with Crippen LogP contribution >= 0.6 is 0 Å². The van der Waals surface area contributed by atoms with Gasteiger partial charge in [-0.15, -0.1) is 0 Å². The number of hydrogen-bond donors (Lipinski definition) is 1. The van der Waals surface area contributed by atoms with Gasteiger partial charge in [0.2, 0.25) is 17.8 Å². The zero-order valence-electron chi connectivity index (χ0n) is 17.6. The topological polar surface area (TPSA) is 87.7 Å². The van der Waals surface area contributed by atoms with Crippen LogP contribution in [0.1, 0.15) is 26.2 Å². The number of benzene rings is 1. The third-order valence-electron chi connectivity index (χ3n) is 5.13. The average molecular weight is 412 g/mol. The van der Waals surface area contributed by atoms with Gasteiger partial charge in [0.15, 0.2) is 0 Å². The first-order valence-electron chi connectivity index (χ1n) is 10.4. The summed E-state index contributed by atoms with van der Waals surface area (Å²) in [7, 11) is 1.56. The number of piperidine rings is 1. The Labute approximate surface area is 177 Å². The number of nitrogens with one attached hydrogen (secondary N) is 1. The van der Waals surface area contributed by atoms with Gasteiger partial charge in [-0.3, -0.25) is 9.59 Å². The summed E-state index contributed by atoms with van der Waals surface area (Å²) in [5.41, 5.74) is 0.596. The highest BCUT2D eigenvalue weighted by atomic mass is 16.5. The summed E-state index contributed by atoms with van der Waals surface area (Å²) in [6.45, 7) is 3.95. The highest BCUT2D eigenvalue weighted by Crippen LogP contribution is 2.24. The smallest absolute Gasteiger partial charge is 0.244 e. The van der Waals surface area contributed by atoms with E-state index in [1.54, 1.807) is 42.6 Å². The molecule has 1 saturated heterocycles. The fourth-order valence-electron chi connectivity index (χ4n) is 3.72. The maximum absolute atomic E-state index is 13.2. The molecule has 2 amide bonds. The third-order valence-corrected chi connectivity index (χ3v) is 5.13. The van der Waals surface area contributed by atoms with Gasteiger partial charge in [-0.1, -0.05) is 19.1 Å². The highest BCUT2D eigenvalue weighted by molar-refractivity contribution is 5.96. The molecule has 0 spiro atoms. The van der Waals surface area contributed by atoms with Gasteiger partial charge in [-0.2, -0.15) is 0 Å². The van der Waals surface area contributed by atoms with E-state index in [-0.39, 0.29) is 24.3 Å². The summed E-state index contributed by atoms with van der Waals surface area (Å²) in [4.78, 5) is 38.2. The van der Waals surface area contributed by atoms with E-state index in [0.717, 1.165) is 25.8 Å². The van der Waals surface area contributed by atoms with Gasteiger partial charge in [-0.25, -0.2) is 9.97 Å². The Kier molecular flexibility index (Phi) is 7.59. The molecule has 0 radical (unpaired) electrons. The predicted molar refractivity (Wildman–Crippen MR) is 115 cm³/mol. The second-order valence-electron chi connectivity index (χ2n) is 7.34. The van der Waals surface area contributed by atoms with Crippen LogP contribution in [-0.2, 0) is 9.59 Å². The molecule has 8 heteroatoms. The number of anilines is 2. The molecule has 8 nitrogen and oxygen atoms in total. The normalized spacial score (nSPS) is 16.1. The first kappa shape index (κ1) is 21.5. The van der Waals surface area contributed by atoms with Crippen molar-refractivity contribution in [3.63, 3.8) is 0 Å². The fourth-order valence-corrected chi connectivity index (χ4v) is 3.72. The SMILES string of the molecule is CCCN(CC(=O)Nc1ccccc1OC)C(=O)C1CCCN(c2ncccn2)C1. The summed E-state index contributed by atoms with van der Waals surface area (Å²) in [5, 5.41) is 2.85. The zero-order valence-corrected chi connectivity index (χ0v) is 17.6. The number of carbonyl (C=O) groups excluding carboxylic acids is 2. The number of aromatic nitrogens is 2. The number of para-hydroxylation sites is 2. The number of methoxy groups -OCH3 is 1. The van der Waals surface area contributed by atoms with Crippen LogP contribution < -0.4 is 15.0 Å². The largest absolute Gasteiger partial charge is 0.495 e. The molecule has 2 heterocycles. The zero-order chi connectivity index (χ0) is 21.3. The van der Waals surface area contributed by atoms with E-state index in [4.69, 9.17) is 4.74 Å². The van der Waals surface area contributed by atoms with Gasteiger partial charge in [0.25, 0.3) is 0 Å². The minimum absolute atomic E-state index is 0.00709. The molecule has 1 fully saturated rings. The van der Waals surface area contributed by atoms with Gasteiger partial charge in [0, 0.05) is 32.0 Å². The van der Waals surface area contributed by atoms with Crippen molar-refractivity contribution in [2.45, 2.75) is 26.2 Å². The molecule has 1 unspecified atom stereocenters. The highest BCUT2D eigenvalue weighted by Gasteiger charge is 2.31. The van der Waals surface area contributed by atoms with E-state index in [9.17, 15) is 9.59 Å². The first-order chi connectivity index (χ1) is 14.6. The maximum atomic E-state index is 13.2. The first-order valence-corrected chi connectivity index (χ1v) is 10.4. The van der Waals surface area contributed by atoms with Crippen molar-refractivity contribution in [1.82, 2.24) is 14.9 Å². The molecule has 0 saturated carbocycles. The molecular formula is C22H29N5O3. The second kappa shape index (κ2) is 10.6. The molecule has 30 heavy (non-hydrogen) atoms. The predicted octanol–water partition coefficient (Wildman–Crippen LogP) is 2.58. The molecule has 1 N–H and O–H groups in total. The number of amides is 2. The van der Waals surface area contributed by atoms with Crippen LogP contribution in [0, 0.1) is 5.92 Å². The van der Waals surface area contributed by atoms with Crippen molar-refractivity contribution in [3.8, 4) is 5.75 Å². The van der Waals surface area contributed by atoms with Gasteiger partial charge in [-0.05, 0) is 37.5 Å². The minimum Gasteiger partial charge on any atom is -0.495 e. The Morgan fingerprint density at radius 1 is 1.23 bits per heavy atom. The Hall–Kier alpha value is -3.16. The summed E-state index contributed by atoms with van der Waals surface area (Å²) in [6.07, 6.45) is 5.89. The molecule has 1 aromatic carbocycles. The molecule has 1 aliphatic rings. The Morgan fingerprint density at radius 3 is 2.73 bits per heavy atom. The van der Waals surface area contributed by atoms with Gasteiger partial charge in [0.05, 0.1) is 25.3 Å². The minimum atomic E-state index is -0.236. The Bertz CT molecular complexity index is 846. The van der Waals surface area contributed by atoms with E-state index in [1.165, 1.54) is 0 Å². The van der Waals surface area contributed by atoms with Crippen molar-refractivity contribution in [2.24, 2.45) is 5.92 Å². The molecule has 1 atom stereocenters. The van der Waals surface area contributed by atoms with Crippen LogP contribution in [0.5, 0.6) is 5.75 Å². The molecule has 160 valence electrons. The quantitative estimate of drug-likeness (QED) is 0.718. The van der Waals surface area contributed by atoms with Crippen molar-refractivity contribution in [2.75, 3.05) is 43.5 Å². The second-order valence-corrected chi connectivity index (χ2v) is 7.34. The van der Waals surface area contributed by atoms with Crippen LogP contribution in [0.2, 0.25) is 0 Å². The van der Waals surface area contributed by atoms with Crippen LogP contribution in [-0.4, -0.2) is 60.0 Å². The van der Waals surface area contributed by atoms with E-state index in [2.05, 4.69) is 15.3 Å². The van der Waals surface area contributed by atoms with E-state index >= 15 is 0 Å². The van der Waals surface area contributed by atoms with Crippen molar-refractivity contribution < 1.29 is 14.3 Å². The molecule has 1 aromatic heterocycles. The summed E-state index contributed by atoms with van der Waals surface area (Å²) in [6, 6.07) is 9.01. The number of carbonyl (C=O) groups is 2. The van der Waals surface area contributed by atoms with Crippen molar-refractivity contribution >= 4 is 23.5 Å². The van der Waals surface area contributed by atoms with Gasteiger partial charge < -0.3 is 19.9 Å². The van der Waals surface area contributed by atoms with Crippen LogP contribution in [0.3, 0.4) is 0 Å². The van der Waals surface area contributed by atoms with Crippen molar-refractivity contribution in [1.29, 1.82) is 0 Å². The molecule has 0 bridgehead atoms. The van der Waals surface area contributed by atoms with Crippen LogP contribution in [0.15, 0.2) is 42.7 Å². The average Bonchev–Trinajstić information content (AvgIpc) is 2.79. The lowest BCUT2D eigenvalue weighted by molar-refractivity contribution is -0.138. The lowest BCUT2D eigenvalue weighted by Crippen LogP contribution is -2.47. The standard InChI is InChI=1S/C22H29N5O3/c1-3-13-26(16-20(28)25-18-9-4-5-10-19(18)30-2)21(29)17-8-6-14-27(15-17)22-23-11-7-12-24-22/h4-5,7,9-12,17H,3,6,8,13-16H2,1-2H3,(H,25,28). The third kappa shape index (κ3) is 5.46. The monoisotopic (exact) mass is 411 g/mol. The Morgan fingerprint density at radius 2 is 2.00 bits per heavy atom. The molecule has 3 rings (SSSR count). The Balaban J connectivity index is 1.64. The van der Waals surface area contributed by atoms with Crippen LogP contribution in [0.25, 0.3) is 0 Å². The number of ether oxygens (including phenoxy) is 1. The molecule has 0 aliphatic carbocycles. The summed E-state index contributed by atoms with van der Waals surface area (Å²) >= 11 is 0. The summed E-state index contributed by atoms with van der Waals surface area (Å²) in [5.74, 6) is 0.831. The number of nitrogens with zero attached hydrogens (tertiary/aromatic N) is 4. The van der Waals surface area contributed by atoms with Gasteiger partial charge >= 0.3 is 0 Å². The van der Waals surface area contributed by atoms with Crippen LogP contribution in [0.4, 0.5) is 11.6 Å². The fraction of sp³-hybridized carbons (Fsp3) is 0.455. The number of rotatable bonds is 8. The molecular weight excluding hydrogens is 382 g/mol. The molecule has 2 aromatic rings.